The summed E-state index contributed by atoms with van der Waals surface area (Å²) in [5.41, 5.74) is 0.422. The van der Waals surface area contributed by atoms with E-state index in [2.05, 4.69) is 24.3 Å². The summed E-state index contributed by atoms with van der Waals surface area (Å²) in [6, 6.07) is 0. The summed E-state index contributed by atoms with van der Waals surface area (Å²) >= 11 is 0. The monoisotopic (exact) mass is 295 g/mol. The van der Waals surface area contributed by atoms with E-state index in [1.807, 2.05) is 20.8 Å². The van der Waals surface area contributed by atoms with Gasteiger partial charge in [0.05, 0.1) is 17.3 Å². The Morgan fingerprint density at radius 1 is 1.33 bits per heavy atom. The Morgan fingerprint density at radius 3 is 2.38 bits per heavy atom. The molecule has 5 heteroatoms. The van der Waals surface area contributed by atoms with Crippen molar-refractivity contribution in [1.82, 2.24) is 15.1 Å². The van der Waals surface area contributed by atoms with E-state index in [9.17, 15) is 9.90 Å². The van der Waals surface area contributed by atoms with Gasteiger partial charge >= 0.3 is 0 Å². The first-order chi connectivity index (χ1) is 9.78. The summed E-state index contributed by atoms with van der Waals surface area (Å²) in [5, 5.41) is 16.4. The molecule has 0 atom stereocenters. The summed E-state index contributed by atoms with van der Waals surface area (Å²) in [6.45, 7) is 11.1. The number of carbonyl (C=O) groups excluding carboxylic acids is 1. The van der Waals surface area contributed by atoms with Crippen molar-refractivity contribution in [2.24, 2.45) is 5.41 Å². The van der Waals surface area contributed by atoms with Gasteiger partial charge in [0, 0.05) is 19.3 Å². The van der Waals surface area contributed by atoms with Gasteiger partial charge in [0.1, 0.15) is 0 Å². The van der Waals surface area contributed by atoms with Crippen LogP contribution in [-0.2, 0) is 5.54 Å². The number of nitrogens with one attached hydrogen (secondary N) is 1. The molecule has 5 nitrogen and oxygen atoms in total. The van der Waals surface area contributed by atoms with Crippen LogP contribution in [0.5, 0.6) is 0 Å². The second kappa shape index (κ2) is 7.07. The van der Waals surface area contributed by atoms with Crippen molar-refractivity contribution in [1.29, 1.82) is 0 Å². The molecular formula is C16H29N3O2. The molecule has 1 aromatic rings. The Labute approximate surface area is 127 Å². The highest BCUT2D eigenvalue weighted by Gasteiger charge is 2.26. The van der Waals surface area contributed by atoms with Gasteiger partial charge in [-0.25, -0.2) is 0 Å². The van der Waals surface area contributed by atoms with Crippen LogP contribution in [0.4, 0.5) is 0 Å². The molecule has 1 aromatic heterocycles. The molecule has 2 N–H and O–H groups in total. The first-order valence-corrected chi connectivity index (χ1v) is 7.72. The minimum atomic E-state index is -0.133. The van der Waals surface area contributed by atoms with Crippen LogP contribution in [0.1, 0.15) is 64.2 Å². The molecule has 0 aliphatic carbocycles. The molecule has 1 heterocycles. The van der Waals surface area contributed by atoms with Crippen LogP contribution in [0.3, 0.4) is 0 Å². The molecule has 0 fully saturated rings. The summed E-state index contributed by atoms with van der Waals surface area (Å²) in [4.78, 5) is 12.2. The first kappa shape index (κ1) is 17.7. The fourth-order valence-corrected chi connectivity index (χ4v) is 2.36. The van der Waals surface area contributed by atoms with Crippen LogP contribution in [0.25, 0.3) is 0 Å². The van der Waals surface area contributed by atoms with E-state index in [-0.39, 0.29) is 23.5 Å². The first-order valence-electron chi connectivity index (χ1n) is 7.72. The molecule has 120 valence electrons. The van der Waals surface area contributed by atoms with Crippen molar-refractivity contribution in [3.63, 3.8) is 0 Å². The lowest BCUT2D eigenvalue weighted by Gasteiger charge is -2.31. The molecule has 0 bridgehead atoms. The molecule has 0 aliphatic heterocycles. The molecule has 0 spiro atoms. The zero-order valence-electron chi connectivity index (χ0n) is 13.9. The average molecular weight is 295 g/mol. The van der Waals surface area contributed by atoms with Crippen LogP contribution in [0.15, 0.2) is 12.4 Å². The fourth-order valence-electron chi connectivity index (χ4n) is 2.36. The third-order valence-electron chi connectivity index (χ3n) is 4.30. The molecular weight excluding hydrogens is 266 g/mol. The number of aromatic nitrogens is 2. The van der Waals surface area contributed by atoms with Crippen molar-refractivity contribution in [2.75, 3.05) is 13.2 Å². The quantitative estimate of drug-likeness (QED) is 0.812. The highest BCUT2D eigenvalue weighted by molar-refractivity contribution is 5.93. The minimum Gasteiger partial charge on any atom is -0.396 e. The molecule has 21 heavy (non-hydrogen) atoms. The van der Waals surface area contributed by atoms with E-state index in [1.165, 1.54) is 0 Å². The van der Waals surface area contributed by atoms with Crippen molar-refractivity contribution in [2.45, 2.75) is 59.4 Å². The molecule has 0 radical (unpaired) electrons. The van der Waals surface area contributed by atoms with Crippen molar-refractivity contribution >= 4 is 5.91 Å². The van der Waals surface area contributed by atoms with Crippen molar-refractivity contribution in [3.05, 3.63) is 18.0 Å². The maximum absolute atomic E-state index is 12.2. The molecule has 1 amide bonds. The number of amides is 1. The number of hydrogen-bond donors (Lipinski definition) is 2. The summed E-state index contributed by atoms with van der Waals surface area (Å²) in [5.74, 6) is -0.102. The predicted molar refractivity (Wildman–Crippen MR) is 84.3 cm³/mol. The predicted octanol–water partition coefficient (Wildman–Crippen LogP) is 2.56. The highest BCUT2D eigenvalue weighted by atomic mass is 16.3. The Morgan fingerprint density at radius 2 is 1.95 bits per heavy atom. The van der Waals surface area contributed by atoms with Crippen LogP contribution in [0.2, 0.25) is 0 Å². The van der Waals surface area contributed by atoms with Gasteiger partial charge in [0.2, 0.25) is 0 Å². The zero-order chi connectivity index (χ0) is 16.1. The summed E-state index contributed by atoms with van der Waals surface area (Å²) in [6.07, 6.45) is 5.96. The number of aliphatic hydroxyl groups excluding tert-OH is 1. The van der Waals surface area contributed by atoms with Gasteiger partial charge in [0.15, 0.2) is 0 Å². The van der Waals surface area contributed by atoms with Gasteiger partial charge < -0.3 is 10.4 Å². The van der Waals surface area contributed by atoms with Crippen molar-refractivity contribution < 1.29 is 9.90 Å². The third-order valence-corrected chi connectivity index (χ3v) is 4.30. The van der Waals surface area contributed by atoms with E-state index in [0.29, 0.717) is 18.5 Å². The number of rotatable bonds is 7. The van der Waals surface area contributed by atoms with Crippen LogP contribution in [-0.4, -0.2) is 33.9 Å². The zero-order valence-corrected chi connectivity index (χ0v) is 13.9. The van der Waals surface area contributed by atoms with Crippen LogP contribution >= 0.6 is 0 Å². The van der Waals surface area contributed by atoms with Gasteiger partial charge in [-0.1, -0.05) is 13.8 Å². The number of nitrogens with zero attached hydrogens (tertiary/aromatic N) is 2. The van der Waals surface area contributed by atoms with E-state index < -0.39 is 0 Å². The molecule has 0 unspecified atom stereocenters. The van der Waals surface area contributed by atoms with Gasteiger partial charge in [-0.05, 0) is 45.4 Å². The van der Waals surface area contributed by atoms with Gasteiger partial charge in [-0.15, -0.1) is 0 Å². The van der Waals surface area contributed by atoms with E-state index in [4.69, 9.17) is 0 Å². The highest BCUT2D eigenvalue weighted by Crippen LogP contribution is 2.29. The standard InChI is InChI=1S/C16H29N3O2/c1-6-16(7-2,8-9-20)12-17-14(21)13-10-18-19(11-13)15(3,4)5/h10-11,20H,6-9,12H2,1-5H3,(H,17,21). The van der Waals surface area contributed by atoms with E-state index >= 15 is 0 Å². The number of aliphatic hydroxyl groups is 1. The summed E-state index contributed by atoms with van der Waals surface area (Å²) in [7, 11) is 0. The Hall–Kier alpha value is -1.36. The second-order valence-corrected chi connectivity index (χ2v) is 6.71. The van der Waals surface area contributed by atoms with Crippen LogP contribution < -0.4 is 5.32 Å². The van der Waals surface area contributed by atoms with Gasteiger partial charge in [-0.2, -0.15) is 5.10 Å². The molecule has 0 saturated heterocycles. The lowest BCUT2D eigenvalue weighted by molar-refractivity contribution is 0.0907. The Kier molecular flexibility index (Phi) is 5.96. The maximum atomic E-state index is 12.2. The van der Waals surface area contributed by atoms with Gasteiger partial charge in [0.25, 0.3) is 5.91 Å². The fraction of sp³-hybridized carbons (Fsp3) is 0.750. The summed E-state index contributed by atoms with van der Waals surface area (Å²) < 4.78 is 1.79. The average Bonchev–Trinajstić information content (AvgIpc) is 2.93. The smallest absolute Gasteiger partial charge is 0.254 e. The SMILES string of the molecule is CCC(CC)(CCO)CNC(=O)c1cnn(C(C)(C)C)c1. The van der Waals surface area contributed by atoms with Gasteiger partial charge in [-0.3, -0.25) is 9.48 Å². The van der Waals surface area contributed by atoms with Crippen molar-refractivity contribution in [3.8, 4) is 0 Å². The number of hydrogen-bond acceptors (Lipinski definition) is 3. The maximum Gasteiger partial charge on any atom is 0.254 e. The molecule has 0 aromatic carbocycles. The molecule has 0 aliphatic rings. The third kappa shape index (κ3) is 4.56. The lowest BCUT2D eigenvalue weighted by atomic mass is 9.79. The largest absolute Gasteiger partial charge is 0.396 e. The lowest BCUT2D eigenvalue weighted by Crippen LogP contribution is -2.37. The number of carbonyl (C=O) groups is 1. The Balaban J connectivity index is 2.71. The van der Waals surface area contributed by atoms with E-state index in [0.717, 1.165) is 12.8 Å². The Bertz CT molecular complexity index is 456. The topological polar surface area (TPSA) is 67.2 Å². The molecule has 0 saturated carbocycles. The minimum absolute atomic E-state index is 0.0234. The molecule has 1 rings (SSSR count). The van der Waals surface area contributed by atoms with Crippen LogP contribution in [0, 0.1) is 5.41 Å². The second-order valence-electron chi connectivity index (χ2n) is 6.71. The van der Waals surface area contributed by atoms with E-state index in [1.54, 1.807) is 17.1 Å². The normalized spacial score (nSPS) is 12.5.